The third-order valence-electron chi connectivity index (χ3n) is 5.50. The van der Waals surface area contributed by atoms with Crippen LogP contribution in [0.1, 0.15) is 32.2 Å². The second-order valence-corrected chi connectivity index (χ2v) is 7.42. The molecule has 156 valence electrons. The van der Waals surface area contributed by atoms with Crippen LogP contribution < -0.4 is 15.8 Å². The molecular weight excluding hydrogens is 378 g/mol. The zero-order valence-corrected chi connectivity index (χ0v) is 17.2. The highest BCUT2D eigenvalue weighted by Gasteiger charge is 2.27. The molecule has 1 heterocycles. The summed E-state index contributed by atoms with van der Waals surface area (Å²) in [4.78, 5) is 11.8. The zero-order chi connectivity index (χ0) is 21.1. The van der Waals surface area contributed by atoms with Crippen LogP contribution in [-0.2, 0) is 4.74 Å². The molecule has 0 radical (unpaired) electrons. The lowest BCUT2D eigenvalue weighted by molar-refractivity contribution is 0.174. The van der Waals surface area contributed by atoms with E-state index in [1.165, 1.54) is 12.5 Å². The number of anilines is 2. The van der Waals surface area contributed by atoms with Crippen molar-refractivity contribution in [1.29, 1.82) is 0 Å². The topological polar surface area (TPSA) is 78.5 Å². The first-order valence-electron chi connectivity index (χ1n) is 10.3. The lowest BCUT2D eigenvalue weighted by atomic mass is 9.92. The van der Waals surface area contributed by atoms with Crippen molar-refractivity contribution in [3.8, 4) is 17.0 Å². The standard InChI is InChI=1S/C24H27N3O3/c1-3-14-30-24(28)26-17-10-8-16(9-11-17)23-22(25)20-13-12-19(29-4-2)15-21(20)27(23)18-6-5-7-18/h3,8-13,15,18H,1,4-7,14,25H2,2H3,(H,26,28). The van der Waals surface area contributed by atoms with E-state index in [0.29, 0.717) is 18.3 Å². The van der Waals surface area contributed by atoms with Crippen molar-refractivity contribution in [3.05, 3.63) is 55.1 Å². The van der Waals surface area contributed by atoms with E-state index in [0.717, 1.165) is 46.4 Å². The maximum atomic E-state index is 11.8. The van der Waals surface area contributed by atoms with Crippen LogP contribution in [0.5, 0.6) is 5.75 Å². The Labute approximate surface area is 176 Å². The fourth-order valence-electron chi connectivity index (χ4n) is 3.89. The number of benzene rings is 2. The van der Waals surface area contributed by atoms with Gasteiger partial charge in [0.2, 0.25) is 0 Å². The summed E-state index contributed by atoms with van der Waals surface area (Å²) in [5, 5.41) is 3.75. The average molecular weight is 405 g/mol. The quantitative estimate of drug-likeness (QED) is 0.491. The Morgan fingerprint density at radius 1 is 1.27 bits per heavy atom. The van der Waals surface area contributed by atoms with Crippen LogP contribution in [0.4, 0.5) is 16.2 Å². The predicted octanol–water partition coefficient (Wildman–Crippen LogP) is 5.75. The second-order valence-electron chi connectivity index (χ2n) is 7.42. The molecule has 1 aromatic heterocycles. The molecule has 1 aliphatic rings. The highest BCUT2D eigenvalue weighted by atomic mass is 16.5. The molecule has 0 bridgehead atoms. The van der Waals surface area contributed by atoms with Crippen molar-refractivity contribution in [2.75, 3.05) is 24.3 Å². The molecule has 3 N–H and O–H groups in total. The number of hydrogen-bond acceptors (Lipinski definition) is 4. The highest BCUT2D eigenvalue weighted by Crippen LogP contribution is 2.44. The van der Waals surface area contributed by atoms with Crippen molar-refractivity contribution < 1.29 is 14.3 Å². The monoisotopic (exact) mass is 405 g/mol. The van der Waals surface area contributed by atoms with Crippen LogP contribution in [0.2, 0.25) is 0 Å². The maximum absolute atomic E-state index is 11.8. The van der Waals surface area contributed by atoms with Crippen molar-refractivity contribution in [3.63, 3.8) is 0 Å². The van der Waals surface area contributed by atoms with Gasteiger partial charge < -0.3 is 19.8 Å². The van der Waals surface area contributed by atoms with Gasteiger partial charge in [-0.05, 0) is 50.5 Å². The van der Waals surface area contributed by atoms with Gasteiger partial charge in [0, 0.05) is 28.7 Å². The summed E-state index contributed by atoms with van der Waals surface area (Å²) in [6.07, 6.45) is 4.54. The Hall–Kier alpha value is -3.41. The molecule has 6 nitrogen and oxygen atoms in total. The number of nitrogen functional groups attached to an aromatic ring is 1. The van der Waals surface area contributed by atoms with E-state index < -0.39 is 6.09 Å². The van der Waals surface area contributed by atoms with Gasteiger partial charge in [0.25, 0.3) is 0 Å². The Kier molecular flexibility index (Phi) is 5.65. The van der Waals surface area contributed by atoms with Gasteiger partial charge in [-0.2, -0.15) is 0 Å². The van der Waals surface area contributed by atoms with Crippen LogP contribution in [0, 0.1) is 0 Å². The van der Waals surface area contributed by atoms with E-state index in [1.54, 1.807) is 0 Å². The van der Waals surface area contributed by atoms with Crippen LogP contribution in [0.15, 0.2) is 55.1 Å². The predicted molar refractivity (Wildman–Crippen MR) is 121 cm³/mol. The molecule has 2 aromatic carbocycles. The van der Waals surface area contributed by atoms with Gasteiger partial charge in [0.15, 0.2) is 0 Å². The summed E-state index contributed by atoms with van der Waals surface area (Å²) in [6, 6.07) is 14.2. The molecule has 0 aliphatic heterocycles. The molecule has 3 aromatic rings. The lowest BCUT2D eigenvalue weighted by Crippen LogP contribution is -2.18. The van der Waals surface area contributed by atoms with Crippen LogP contribution in [0.25, 0.3) is 22.2 Å². The SMILES string of the molecule is C=CCOC(=O)Nc1ccc(-c2c(N)c3ccc(OCC)cc3n2C2CCC2)cc1. The summed E-state index contributed by atoms with van der Waals surface area (Å²) in [5.74, 6) is 0.854. The summed E-state index contributed by atoms with van der Waals surface area (Å²) >= 11 is 0. The number of nitrogens with zero attached hydrogens (tertiary/aromatic N) is 1. The molecule has 0 saturated heterocycles. The Bertz CT molecular complexity index is 1070. The van der Waals surface area contributed by atoms with E-state index in [2.05, 4.69) is 22.5 Å². The molecule has 1 aliphatic carbocycles. The van der Waals surface area contributed by atoms with Crippen molar-refractivity contribution in [1.82, 2.24) is 4.57 Å². The summed E-state index contributed by atoms with van der Waals surface area (Å²) in [5.41, 5.74) is 11.2. The Morgan fingerprint density at radius 3 is 2.67 bits per heavy atom. The number of ether oxygens (including phenoxy) is 2. The minimum absolute atomic E-state index is 0.172. The van der Waals surface area contributed by atoms with Gasteiger partial charge in [0.05, 0.1) is 23.5 Å². The first-order valence-corrected chi connectivity index (χ1v) is 10.3. The fourth-order valence-corrected chi connectivity index (χ4v) is 3.89. The number of amides is 1. The van der Waals surface area contributed by atoms with E-state index in [4.69, 9.17) is 15.2 Å². The van der Waals surface area contributed by atoms with Gasteiger partial charge in [-0.25, -0.2) is 4.79 Å². The van der Waals surface area contributed by atoms with Gasteiger partial charge in [0.1, 0.15) is 12.4 Å². The van der Waals surface area contributed by atoms with Crippen molar-refractivity contribution >= 4 is 28.4 Å². The Morgan fingerprint density at radius 2 is 2.03 bits per heavy atom. The van der Waals surface area contributed by atoms with Crippen molar-refractivity contribution in [2.24, 2.45) is 0 Å². The third kappa shape index (κ3) is 3.73. The molecule has 0 unspecified atom stereocenters. The second kappa shape index (κ2) is 8.53. The van der Waals surface area contributed by atoms with E-state index in [9.17, 15) is 4.79 Å². The molecule has 6 heteroatoms. The maximum Gasteiger partial charge on any atom is 0.411 e. The van der Waals surface area contributed by atoms with E-state index in [1.807, 2.05) is 43.3 Å². The van der Waals surface area contributed by atoms with E-state index in [-0.39, 0.29) is 6.61 Å². The average Bonchev–Trinajstić information content (AvgIpc) is 2.98. The molecule has 30 heavy (non-hydrogen) atoms. The summed E-state index contributed by atoms with van der Waals surface area (Å²) < 4.78 is 13.1. The minimum Gasteiger partial charge on any atom is -0.494 e. The first-order chi connectivity index (χ1) is 14.6. The molecule has 1 amide bonds. The van der Waals surface area contributed by atoms with Gasteiger partial charge in [-0.3, -0.25) is 5.32 Å². The number of aromatic nitrogens is 1. The highest BCUT2D eigenvalue weighted by molar-refractivity contribution is 6.01. The molecular formula is C24H27N3O3. The number of fused-ring (bicyclic) bond motifs is 1. The van der Waals surface area contributed by atoms with Crippen molar-refractivity contribution in [2.45, 2.75) is 32.2 Å². The number of hydrogen-bond donors (Lipinski definition) is 2. The zero-order valence-electron chi connectivity index (χ0n) is 17.2. The van der Waals surface area contributed by atoms with Crippen LogP contribution in [-0.4, -0.2) is 23.9 Å². The molecule has 4 rings (SSSR count). The smallest absolute Gasteiger partial charge is 0.411 e. The molecule has 0 atom stereocenters. The molecule has 1 fully saturated rings. The van der Waals surface area contributed by atoms with Crippen LogP contribution in [0.3, 0.4) is 0 Å². The molecule has 1 saturated carbocycles. The normalized spacial score (nSPS) is 13.6. The minimum atomic E-state index is -0.505. The number of rotatable bonds is 7. The summed E-state index contributed by atoms with van der Waals surface area (Å²) in [6.45, 7) is 6.32. The van der Waals surface area contributed by atoms with E-state index >= 15 is 0 Å². The number of carbonyl (C=O) groups is 1. The third-order valence-corrected chi connectivity index (χ3v) is 5.50. The largest absolute Gasteiger partial charge is 0.494 e. The first kappa shape index (κ1) is 19.9. The number of carbonyl (C=O) groups excluding carboxylic acids is 1. The van der Waals surface area contributed by atoms with Crippen LogP contribution >= 0.6 is 0 Å². The molecule has 0 spiro atoms. The Balaban J connectivity index is 1.71. The van der Waals surface area contributed by atoms with Gasteiger partial charge in [-0.15, -0.1) is 0 Å². The van der Waals surface area contributed by atoms with Gasteiger partial charge >= 0.3 is 6.09 Å². The lowest BCUT2D eigenvalue weighted by Gasteiger charge is -2.30. The number of nitrogens with one attached hydrogen (secondary N) is 1. The fraction of sp³-hybridized carbons (Fsp3) is 0.292. The summed E-state index contributed by atoms with van der Waals surface area (Å²) in [7, 11) is 0. The van der Waals surface area contributed by atoms with Gasteiger partial charge in [-0.1, -0.05) is 24.8 Å². The number of nitrogens with two attached hydrogens (primary N) is 1.